The number of aliphatic hydroxyl groups is 1. The summed E-state index contributed by atoms with van der Waals surface area (Å²) >= 11 is 1.48. The van der Waals surface area contributed by atoms with Crippen LogP contribution in [0, 0.1) is 0 Å². The van der Waals surface area contributed by atoms with E-state index in [9.17, 15) is 9.90 Å². The minimum atomic E-state index is -1.36. The molecule has 2 aromatic heterocycles. The summed E-state index contributed by atoms with van der Waals surface area (Å²) in [6, 6.07) is 4.93. The van der Waals surface area contributed by atoms with Crippen LogP contribution in [0.4, 0.5) is 4.79 Å². The molecule has 0 radical (unpaired) electrons. The highest BCUT2D eigenvalue weighted by Gasteiger charge is 2.35. The van der Waals surface area contributed by atoms with Gasteiger partial charge in [-0.3, -0.25) is 0 Å². The first kappa shape index (κ1) is 14.6. The lowest BCUT2D eigenvalue weighted by Gasteiger charge is -2.26. The Morgan fingerprint density at radius 1 is 1.50 bits per heavy atom. The Morgan fingerprint density at radius 3 is 2.85 bits per heavy atom. The average molecular weight is 294 g/mol. The lowest BCUT2D eigenvalue weighted by atomic mass is 9.93. The Bertz CT molecular complexity index is 501. The summed E-state index contributed by atoms with van der Waals surface area (Å²) in [7, 11) is 0. The second-order valence-corrected chi connectivity index (χ2v) is 5.61. The van der Waals surface area contributed by atoms with Crippen molar-refractivity contribution in [3.8, 4) is 0 Å². The first-order chi connectivity index (χ1) is 9.52. The van der Waals surface area contributed by atoms with E-state index < -0.39 is 5.60 Å². The molecule has 0 spiro atoms. The van der Waals surface area contributed by atoms with Crippen LogP contribution in [0.15, 0.2) is 39.6 Å². The van der Waals surface area contributed by atoms with Gasteiger partial charge in [-0.05, 0) is 42.8 Å². The monoisotopic (exact) mass is 294 g/mol. The number of thiophene rings is 1. The van der Waals surface area contributed by atoms with Crippen molar-refractivity contribution in [2.45, 2.75) is 25.5 Å². The fraction of sp³-hybridized carbons (Fsp3) is 0.357. The van der Waals surface area contributed by atoms with Gasteiger partial charge in [0, 0.05) is 11.6 Å². The second-order valence-electron chi connectivity index (χ2n) is 4.83. The zero-order valence-electron chi connectivity index (χ0n) is 11.4. The van der Waals surface area contributed by atoms with Gasteiger partial charge < -0.3 is 20.2 Å². The molecule has 0 bridgehead atoms. The van der Waals surface area contributed by atoms with E-state index >= 15 is 0 Å². The first-order valence-electron chi connectivity index (χ1n) is 6.36. The number of hydrogen-bond acceptors (Lipinski definition) is 4. The van der Waals surface area contributed by atoms with Crippen LogP contribution in [0.1, 0.15) is 25.2 Å². The van der Waals surface area contributed by atoms with E-state index in [1.165, 1.54) is 17.6 Å². The maximum absolute atomic E-state index is 11.7. The van der Waals surface area contributed by atoms with Gasteiger partial charge in [0.05, 0.1) is 12.8 Å². The maximum Gasteiger partial charge on any atom is 0.315 e. The van der Waals surface area contributed by atoms with Crippen LogP contribution in [0.25, 0.3) is 0 Å². The van der Waals surface area contributed by atoms with E-state index in [4.69, 9.17) is 4.42 Å². The van der Waals surface area contributed by atoms with Gasteiger partial charge in [-0.2, -0.15) is 11.3 Å². The van der Waals surface area contributed by atoms with Crippen LogP contribution >= 0.6 is 11.3 Å². The number of carbonyl (C=O) groups excluding carboxylic acids is 1. The van der Waals surface area contributed by atoms with Crippen LogP contribution in [-0.2, 0) is 5.60 Å². The van der Waals surface area contributed by atoms with Gasteiger partial charge >= 0.3 is 6.03 Å². The van der Waals surface area contributed by atoms with E-state index in [1.54, 1.807) is 12.1 Å². The largest absolute Gasteiger partial charge is 0.466 e. The van der Waals surface area contributed by atoms with E-state index in [2.05, 4.69) is 10.6 Å². The number of hydrogen-bond donors (Lipinski definition) is 3. The average Bonchev–Trinajstić information content (AvgIpc) is 3.07. The Hall–Kier alpha value is -1.79. The van der Waals surface area contributed by atoms with E-state index in [0.29, 0.717) is 11.3 Å². The predicted molar refractivity (Wildman–Crippen MR) is 77.7 cm³/mol. The summed E-state index contributed by atoms with van der Waals surface area (Å²) in [6.07, 6.45) is 1.50. The summed E-state index contributed by atoms with van der Waals surface area (Å²) in [6.45, 7) is 3.78. The SMILES string of the molecule is CC(C)NC(=O)NCC(O)(c1ccsc1)c1ccco1. The van der Waals surface area contributed by atoms with E-state index in [1.807, 2.05) is 30.7 Å². The molecular weight excluding hydrogens is 276 g/mol. The van der Waals surface area contributed by atoms with E-state index in [0.717, 1.165) is 0 Å². The smallest absolute Gasteiger partial charge is 0.315 e. The van der Waals surface area contributed by atoms with E-state index in [-0.39, 0.29) is 18.6 Å². The molecule has 5 nitrogen and oxygen atoms in total. The van der Waals surface area contributed by atoms with Gasteiger partial charge in [0.2, 0.25) is 0 Å². The number of carbonyl (C=O) groups is 1. The fourth-order valence-corrected chi connectivity index (χ4v) is 2.59. The third-order valence-corrected chi connectivity index (χ3v) is 3.54. The minimum absolute atomic E-state index is 0.0350. The van der Waals surface area contributed by atoms with Crippen molar-refractivity contribution in [2.24, 2.45) is 0 Å². The zero-order valence-corrected chi connectivity index (χ0v) is 12.2. The molecule has 0 aliphatic heterocycles. The van der Waals surface area contributed by atoms with Gasteiger partial charge in [0.15, 0.2) is 5.60 Å². The van der Waals surface area contributed by atoms with Gasteiger partial charge in [-0.15, -0.1) is 0 Å². The molecule has 1 atom stereocenters. The number of rotatable bonds is 5. The summed E-state index contributed by atoms with van der Waals surface area (Å²) in [5.41, 5.74) is -0.667. The highest BCUT2D eigenvalue weighted by Crippen LogP contribution is 2.30. The van der Waals surface area contributed by atoms with Gasteiger partial charge in [-0.1, -0.05) is 0 Å². The van der Waals surface area contributed by atoms with Crippen molar-refractivity contribution in [1.29, 1.82) is 0 Å². The van der Waals surface area contributed by atoms with Crippen LogP contribution < -0.4 is 10.6 Å². The molecule has 2 aromatic rings. The van der Waals surface area contributed by atoms with Crippen LogP contribution in [0.3, 0.4) is 0 Å². The first-order valence-corrected chi connectivity index (χ1v) is 7.30. The van der Waals surface area contributed by atoms with Gasteiger partial charge in [0.1, 0.15) is 5.76 Å². The second kappa shape index (κ2) is 6.11. The molecule has 0 aliphatic rings. The van der Waals surface area contributed by atoms with Crippen molar-refractivity contribution < 1.29 is 14.3 Å². The number of amides is 2. The van der Waals surface area contributed by atoms with Crippen molar-refractivity contribution in [2.75, 3.05) is 6.54 Å². The molecule has 20 heavy (non-hydrogen) atoms. The Balaban J connectivity index is 2.15. The standard InChI is InChI=1S/C14H18N2O3S/c1-10(2)16-13(17)15-9-14(18,11-5-7-20-8-11)12-4-3-6-19-12/h3-8,10,18H,9H2,1-2H3,(H2,15,16,17). The number of nitrogens with one attached hydrogen (secondary N) is 2. The molecule has 1 unspecified atom stereocenters. The highest BCUT2D eigenvalue weighted by atomic mass is 32.1. The summed E-state index contributed by atoms with van der Waals surface area (Å²) < 4.78 is 5.32. The van der Waals surface area contributed by atoms with Crippen LogP contribution in [-0.4, -0.2) is 23.7 Å². The topological polar surface area (TPSA) is 74.5 Å². The molecule has 0 aliphatic carbocycles. The summed E-state index contributed by atoms with van der Waals surface area (Å²) in [4.78, 5) is 11.7. The molecule has 108 valence electrons. The predicted octanol–water partition coefficient (Wildman–Crippen LogP) is 2.28. The quantitative estimate of drug-likeness (QED) is 0.792. The molecule has 2 amide bonds. The molecule has 0 saturated heterocycles. The third kappa shape index (κ3) is 3.20. The lowest BCUT2D eigenvalue weighted by molar-refractivity contribution is 0.0591. The van der Waals surface area contributed by atoms with Gasteiger partial charge in [-0.25, -0.2) is 4.79 Å². The maximum atomic E-state index is 11.7. The van der Waals surface area contributed by atoms with Crippen molar-refractivity contribution in [3.05, 3.63) is 46.5 Å². The summed E-state index contributed by atoms with van der Waals surface area (Å²) in [5, 5.41) is 20.0. The number of urea groups is 1. The molecule has 3 N–H and O–H groups in total. The highest BCUT2D eigenvalue weighted by molar-refractivity contribution is 7.08. The van der Waals surface area contributed by atoms with Gasteiger partial charge in [0.25, 0.3) is 0 Å². The van der Waals surface area contributed by atoms with Crippen molar-refractivity contribution >= 4 is 17.4 Å². The molecular formula is C14H18N2O3S. The summed E-state index contributed by atoms with van der Waals surface area (Å²) in [5.74, 6) is 0.403. The van der Waals surface area contributed by atoms with Crippen LogP contribution in [0.5, 0.6) is 0 Å². The Kier molecular flexibility index (Phi) is 4.46. The van der Waals surface area contributed by atoms with Crippen molar-refractivity contribution in [3.63, 3.8) is 0 Å². The van der Waals surface area contributed by atoms with Crippen molar-refractivity contribution in [1.82, 2.24) is 10.6 Å². The normalized spacial score (nSPS) is 14.0. The lowest BCUT2D eigenvalue weighted by Crippen LogP contribution is -2.46. The number of furan rings is 1. The minimum Gasteiger partial charge on any atom is -0.466 e. The molecule has 0 aromatic carbocycles. The third-order valence-electron chi connectivity index (χ3n) is 2.85. The van der Waals surface area contributed by atoms with Crippen LogP contribution in [0.2, 0.25) is 0 Å². The zero-order chi connectivity index (χ0) is 14.6. The molecule has 0 fully saturated rings. The fourth-order valence-electron chi connectivity index (χ4n) is 1.87. The molecule has 2 rings (SSSR count). The molecule has 0 saturated carbocycles. The molecule has 2 heterocycles. The Morgan fingerprint density at radius 2 is 2.30 bits per heavy atom. The molecule has 6 heteroatoms. The Labute approximate surface area is 121 Å².